The second-order valence-corrected chi connectivity index (χ2v) is 4.10. The second kappa shape index (κ2) is 4.14. The Morgan fingerprint density at radius 3 is 2.72 bits per heavy atom. The molecular formula is C14H12N2O2. The van der Waals surface area contributed by atoms with Crippen molar-refractivity contribution in [2.75, 3.05) is 4.90 Å². The molecule has 2 aromatic rings. The van der Waals surface area contributed by atoms with E-state index in [0.29, 0.717) is 11.6 Å². The van der Waals surface area contributed by atoms with Gasteiger partial charge < -0.3 is 4.74 Å². The fraction of sp³-hybridized carbons (Fsp3) is 0.143. The number of ether oxygens (including phenoxy) is 1. The van der Waals surface area contributed by atoms with Gasteiger partial charge in [-0.25, -0.2) is 4.98 Å². The lowest BCUT2D eigenvalue weighted by Gasteiger charge is -2.31. The first-order chi connectivity index (χ1) is 8.77. The summed E-state index contributed by atoms with van der Waals surface area (Å²) in [7, 11) is 0. The normalized spacial score (nSPS) is 18.2. The third-order valence-electron chi connectivity index (χ3n) is 2.86. The molecule has 1 unspecified atom stereocenters. The summed E-state index contributed by atoms with van der Waals surface area (Å²) in [6, 6.07) is 13.1. The summed E-state index contributed by atoms with van der Waals surface area (Å²) in [6.45, 7) is 1.73. The highest BCUT2D eigenvalue weighted by molar-refractivity contribution is 6.05. The molecule has 0 saturated carbocycles. The van der Waals surface area contributed by atoms with E-state index in [1.807, 2.05) is 36.4 Å². The number of benzene rings is 1. The predicted molar refractivity (Wildman–Crippen MR) is 67.9 cm³/mol. The Bertz CT molecular complexity index is 583. The number of nitrogens with zero attached hydrogens (tertiary/aromatic N) is 2. The standard InChI is InChI=1S/C14H12N2O2/c1-10-14(17)16(11-6-3-2-4-7-11)12-8-5-9-15-13(12)18-10/h2-10H,1H3. The van der Waals surface area contributed by atoms with Crippen LogP contribution in [0, 0.1) is 0 Å². The number of anilines is 2. The van der Waals surface area contributed by atoms with E-state index in [4.69, 9.17) is 4.74 Å². The van der Waals surface area contributed by atoms with Crippen LogP contribution in [0.3, 0.4) is 0 Å². The summed E-state index contributed by atoms with van der Waals surface area (Å²) >= 11 is 0. The Hall–Kier alpha value is -2.36. The molecule has 1 atom stereocenters. The molecule has 0 radical (unpaired) electrons. The van der Waals surface area contributed by atoms with Crippen molar-refractivity contribution < 1.29 is 9.53 Å². The van der Waals surface area contributed by atoms with Crippen LogP contribution in [0.2, 0.25) is 0 Å². The van der Waals surface area contributed by atoms with Crippen LogP contribution < -0.4 is 9.64 Å². The molecule has 0 aliphatic carbocycles. The minimum Gasteiger partial charge on any atom is -0.463 e. The van der Waals surface area contributed by atoms with Crippen LogP contribution in [-0.4, -0.2) is 17.0 Å². The molecule has 0 bridgehead atoms. The molecule has 0 spiro atoms. The number of hydrogen-bond acceptors (Lipinski definition) is 3. The topological polar surface area (TPSA) is 42.4 Å². The first-order valence-corrected chi connectivity index (χ1v) is 5.78. The maximum atomic E-state index is 12.3. The molecule has 1 aromatic heterocycles. The first-order valence-electron chi connectivity index (χ1n) is 5.78. The third-order valence-corrected chi connectivity index (χ3v) is 2.86. The van der Waals surface area contributed by atoms with Gasteiger partial charge >= 0.3 is 0 Å². The Labute approximate surface area is 105 Å². The smallest absolute Gasteiger partial charge is 0.272 e. The van der Waals surface area contributed by atoms with Crippen LogP contribution in [0.25, 0.3) is 0 Å². The van der Waals surface area contributed by atoms with Crippen molar-refractivity contribution in [2.45, 2.75) is 13.0 Å². The number of para-hydroxylation sites is 1. The first kappa shape index (κ1) is 10.8. The molecule has 4 heteroatoms. The van der Waals surface area contributed by atoms with E-state index in [-0.39, 0.29) is 5.91 Å². The van der Waals surface area contributed by atoms with Crippen LogP contribution in [0.4, 0.5) is 11.4 Å². The molecular weight excluding hydrogens is 228 g/mol. The number of carbonyl (C=O) groups excluding carboxylic acids is 1. The molecule has 1 aliphatic rings. The molecule has 4 nitrogen and oxygen atoms in total. The highest BCUT2D eigenvalue weighted by atomic mass is 16.5. The highest BCUT2D eigenvalue weighted by Crippen LogP contribution is 2.36. The maximum Gasteiger partial charge on any atom is 0.272 e. The zero-order valence-corrected chi connectivity index (χ0v) is 9.91. The van der Waals surface area contributed by atoms with E-state index in [0.717, 1.165) is 5.69 Å². The van der Waals surface area contributed by atoms with Crippen molar-refractivity contribution in [2.24, 2.45) is 0 Å². The number of hydrogen-bond donors (Lipinski definition) is 0. The summed E-state index contributed by atoms with van der Waals surface area (Å²) in [5.41, 5.74) is 1.51. The van der Waals surface area contributed by atoms with Gasteiger partial charge in [-0.2, -0.15) is 0 Å². The predicted octanol–water partition coefficient (Wildman–Crippen LogP) is 2.53. The summed E-state index contributed by atoms with van der Waals surface area (Å²) in [5.74, 6) is 0.412. The molecule has 0 N–H and O–H groups in total. The average molecular weight is 240 g/mol. The maximum absolute atomic E-state index is 12.3. The highest BCUT2D eigenvalue weighted by Gasteiger charge is 2.33. The monoisotopic (exact) mass is 240 g/mol. The van der Waals surface area contributed by atoms with E-state index in [1.54, 1.807) is 24.1 Å². The van der Waals surface area contributed by atoms with Crippen LogP contribution in [0.15, 0.2) is 48.7 Å². The fourth-order valence-electron chi connectivity index (χ4n) is 2.01. The molecule has 1 aromatic carbocycles. The second-order valence-electron chi connectivity index (χ2n) is 4.10. The summed E-state index contributed by atoms with van der Waals surface area (Å²) in [4.78, 5) is 18.1. The van der Waals surface area contributed by atoms with Crippen molar-refractivity contribution in [3.05, 3.63) is 48.7 Å². The minimum absolute atomic E-state index is 0.0818. The summed E-state index contributed by atoms with van der Waals surface area (Å²) in [6.07, 6.45) is 1.14. The van der Waals surface area contributed by atoms with Crippen molar-refractivity contribution in [1.29, 1.82) is 0 Å². The van der Waals surface area contributed by atoms with Gasteiger partial charge in [0.1, 0.15) is 5.69 Å². The van der Waals surface area contributed by atoms with Gasteiger partial charge in [0.2, 0.25) is 5.88 Å². The fourth-order valence-corrected chi connectivity index (χ4v) is 2.01. The molecule has 90 valence electrons. The number of pyridine rings is 1. The lowest BCUT2D eigenvalue weighted by Crippen LogP contribution is -2.41. The van der Waals surface area contributed by atoms with Crippen molar-refractivity contribution in [3.8, 4) is 5.88 Å². The van der Waals surface area contributed by atoms with Gasteiger partial charge in [-0.3, -0.25) is 9.69 Å². The Kier molecular flexibility index (Phi) is 2.48. The van der Waals surface area contributed by atoms with Gasteiger partial charge in [-0.1, -0.05) is 18.2 Å². The number of carbonyl (C=O) groups is 1. The quantitative estimate of drug-likeness (QED) is 0.769. The summed E-state index contributed by atoms with van der Waals surface area (Å²) in [5, 5.41) is 0. The third kappa shape index (κ3) is 1.62. The number of rotatable bonds is 1. The number of aromatic nitrogens is 1. The largest absolute Gasteiger partial charge is 0.463 e. The summed E-state index contributed by atoms with van der Waals surface area (Å²) < 4.78 is 5.49. The molecule has 2 heterocycles. The zero-order valence-electron chi connectivity index (χ0n) is 9.91. The van der Waals surface area contributed by atoms with Crippen LogP contribution in [0.5, 0.6) is 5.88 Å². The number of fused-ring (bicyclic) bond motifs is 1. The molecule has 0 saturated heterocycles. The van der Waals surface area contributed by atoms with Crippen molar-refractivity contribution in [3.63, 3.8) is 0 Å². The zero-order chi connectivity index (χ0) is 12.5. The molecule has 3 rings (SSSR count). The van der Waals surface area contributed by atoms with Gasteiger partial charge in [0, 0.05) is 11.9 Å². The van der Waals surface area contributed by atoms with E-state index >= 15 is 0 Å². The Morgan fingerprint density at radius 2 is 1.94 bits per heavy atom. The average Bonchev–Trinajstić information content (AvgIpc) is 2.41. The molecule has 0 fully saturated rings. The Balaban J connectivity index is 2.15. The van der Waals surface area contributed by atoms with Crippen molar-refractivity contribution >= 4 is 17.3 Å². The SMILES string of the molecule is CC1Oc2ncccc2N(c2ccccc2)C1=O. The van der Waals surface area contributed by atoms with Gasteiger partial charge in [-0.05, 0) is 31.2 Å². The van der Waals surface area contributed by atoms with Crippen LogP contribution in [0.1, 0.15) is 6.92 Å². The van der Waals surface area contributed by atoms with E-state index < -0.39 is 6.10 Å². The van der Waals surface area contributed by atoms with E-state index in [2.05, 4.69) is 4.98 Å². The van der Waals surface area contributed by atoms with Gasteiger partial charge in [0.05, 0.1) is 0 Å². The molecule has 18 heavy (non-hydrogen) atoms. The van der Waals surface area contributed by atoms with E-state index in [1.165, 1.54) is 0 Å². The van der Waals surface area contributed by atoms with Gasteiger partial charge in [-0.15, -0.1) is 0 Å². The minimum atomic E-state index is -0.521. The van der Waals surface area contributed by atoms with E-state index in [9.17, 15) is 4.79 Å². The number of amides is 1. The molecule has 1 amide bonds. The lowest BCUT2D eigenvalue weighted by molar-refractivity contribution is -0.124. The van der Waals surface area contributed by atoms with Gasteiger partial charge in [0.15, 0.2) is 6.10 Å². The molecule has 1 aliphatic heterocycles. The van der Waals surface area contributed by atoms with Crippen LogP contribution >= 0.6 is 0 Å². The van der Waals surface area contributed by atoms with Gasteiger partial charge in [0.25, 0.3) is 5.91 Å². The Morgan fingerprint density at radius 1 is 1.17 bits per heavy atom. The lowest BCUT2D eigenvalue weighted by atomic mass is 10.2. The van der Waals surface area contributed by atoms with Crippen LogP contribution in [-0.2, 0) is 4.79 Å². The van der Waals surface area contributed by atoms with Crippen molar-refractivity contribution in [1.82, 2.24) is 4.98 Å².